The first-order valence-electron chi connectivity index (χ1n) is 6.68. The zero-order valence-corrected chi connectivity index (χ0v) is 10.0. The topological polar surface area (TPSA) is 44.8 Å². The van der Waals surface area contributed by atoms with Crippen LogP contribution in [0, 0.1) is 23.7 Å². The largest absolute Gasteiger partial charge is 0.459 e. The zero-order valence-electron chi connectivity index (χ0n) is 10.0. The standard InChI is InChI=1S/C13H18O4/c1-6(14)16-12-9-5-15-13(17-9)11-8-3-2-7(4-8)10(11)12/h7-13H,2-5H2,1H3/t7-,8+,9+,10-,11+,12-,13+/m0/s1. The summed E-state index contributed by atoms with van der Waals surface area (Å²) in [7, 11) is 0. The predicted octanol–water partition coefficient (Wildman–Crippen LogP) is 1.34. The molecule has 0 radical (unpaired) electrons. The van der Waals surface area contributed by atoms with Crippen molar-refractivity contribution in [3.63, 3.8) is 0 Å². The second-order valence-electron chi connectivity index (χ2n) is 5.94. The van der Waals surface area contributed by atoms with Crippen LogP contribution in [0.5, 0.6) is 0 Å². The lowest BCUT2D eigenvalue weighted by Gasteiger charge is -2.42. The highest BCUT2D eigenvalue weighted by Gasteiger charge is 2.62. The molecule has 4 bridgehead atoms. The van der Waals surface area contributed by atoms with Crippen LogP contribution in [0.3, 0.4) is 0 Å². The SMILES string of the molecule is CC(=O)O[C@@H]1[C@H]2[C@H]3CC[C@H](C3)[C@H]2[C@@H]2OC[C@H]1O2. The molecule has 0 aromatic rings. The molecule has 4 heteroatoms. The molecular weight excluding hydrogens is 220 g/mol. The van der Waals surface area contributed by atoms with Gasteiger partial charge in [-0.1, -0.05) is 0 Å². The van der Waals surface area contributed by atoms with Crippen LogP contribution in [0.4, 0.5) is 0 Å². The third-order valence-corrected chi connectivity index (χ3v) is 5.14. The molecule has 4 fully saturated rings. The van der Waals surface area contributed by atoms with Crippen LogP contribution in [-0.2, 0) is 19.0 Å². The quantitative estimate of drug-likeness (QED) is 0.647. The molecule has 0 N–H and O–H groups in total. The summed E-state index contributed by atoms with van der Waals surface area (Å²) in [5.74, 6) is 2.23. The fourth-order valence-electron chi connectivity index (χ4n) is 4.68. The minimum Gasteiger partial charge on any atom is -0.459 e. The third-order valence-electron chi connectivity index (χ3n) is 5.14. The van der Waals surface area contributed by atoms with E-state index < -0.39 is 0 Å². The van der Waals surface area contributed by atoms with Gasteiger partial charge in [-0.2, -0.15) is 0 Å². The molecule has 0 aromatic carbocycles. The van der Waals surface area contributed by atoms with E-state index in [2.05, 4.69) is 0 Å². The summed E-state index contributed by atoms with van der Waals surface area (Å²) in [6, 6.07) is 0. The average molecular weight is 238 g/mol. The Balaban J connectivity index is 1.67. The summed E-state index contributed by atoms with van der Waals surface area (Å²) in [4.78, 5) is 11.3. The molecule has 7 atom stereocenters. The number of fused-ring (bicyclic) bond motifs is 8. The van der Waals surface area contributed by atoms with Gasteiger partial charge in [-0.3, -0.25) is 4.79 Å². The first-order chi connectivity index (χ1) is 8.24. The fourth-order valence-corrected chi connectivity index (χ4v) is 4.68. The van der Waals surface area contributed by atoms with Crippen LogP contribution in [0.25, 0.3) is 0 Å². The van der Waals surface area contributed by atoms with Gasteiger partial charge in [0.05, 0.1) is 6.61 Å². The number of hydrogen-bond donors (Lipinski definition) is 0. The van der Waals surface area contributed by atoms with E-state index in [-0.39, 0.29) is 24.5 Å². The summed E-state index contributed by atoms with van der Waals surface area (Å²) < 4.78 is 17.2. The molecule has 2 aliphatic heterocycles. The van der Waals surface area contributed by atoms with Crippen molar-refractivity contribution in [2.45, 2.75) is 44.7 Å². The lowest BCUT2D eigenvalue weighted by molar-refractivity contribution is -0.208. The van der Waals surface area contributed by atoms with Gasteiger partial charge in [-0.05, 0) is 31.1 Å². The number of carbonyl (C=O) groups is 1. The molecule has 4 nitrogen and oxygen atoms in total. The van der Waals surface area contributed by atoms with E-state index in [9.17, 15) is 4.79 Å². The van der Waals surface area contributed by atoms with Crippen molar-refractivity contribution >= 4 is 5.97 Å². The van der Waals surface area contributed by atoms with Crippen LogP contribution < -0.4 is 0 Å². The molecule has 4 rings (SSSR count). The number of carbonyl (C=O) groups excluding carboxylic acids is 1. The molecular formula is C13H18O4. The van der Waals surface area contributed by atoms with E-state index >= 15 is 0 Å². The van der Waals surface area contributed by atoms with E-state index in [4.69, 9.17) is 14.2 Å². The van der Waals surface area contributed by atoms with Crippen molar-refractivity contribution in [1.29, 1.82) is 0 Å². The van der Waals surface area contributed by atoms with Gasteiger partial charge >= 0.3 is 5.97 Å². The van der Waals surface area contributed by atoms with E-state index in [1.807, 2.05) is 0 Å². The predicted molar refractivity (Wildman–Crippen MR) is 58.0 cm³/mol. The number of esters is 1. The molecule has 17 heavy (non-hydrogen) atoms. The molecule has 0 aromatic heterocycles. The first kappa shape index (κ1) is 10.3. The maximum absolute atomic E-state index is 11.3. The normalized spacial score (nSPS) is 54.8. The second kappa shape index (κ2) is 3.45. The number of ether oxygens (including phenoxy) is 3. The van der Waals surface area contributed by atoms with Crippen molar-refractivity contribution in [3.8, 4) is 0 Å². The Hall–Kier alpha value is -0.610. The van der Waals surface area contributed by atoms with Gasteiger partial charge in [0.15, 0.2) is 6.29 Å². The average Bonchev–Trinajstić information content (AvgIpc) is 2.98. The highest BCUT2D eigenvalue weighted by atomic mass is 16.7. The van der Waals surface area contributed by atoms with Crippen LogP contribution in [-0.4, -0.2) is 31.1 Å². The maximum Gasteiger partial charge on any atom is 0.303 e. The molecule has 0 amide bonds. The Morgan fingerprint density at radius 2 is 2.00 bits per heavy atom. The Morgan fingerprint density at radius 3 is 2.76 bits per heavy atom. The van der Waals surface area contributed by atoms with Crippen molar-refractivity contribution in [2.24, 2.45) is 23.7 Å². The lowest BCUT2D eigenvalue weighted by Crippen LogP contribution is -2.50. The molecule has 0 unspecified atom stereocenters. The maximum atomic E-state index is 11.3. The van der Waals surface area contributed by atoms with Gasteiger partial charge in [0.2, 0.25) is 0 Å². The van der Waals surface area contributed by atoms with Crippen molar-refractivity contribution in [3.05, 3.63) is 0 Å². The van der Waals surface area contributed by atoms with Crippen LogP contribution in [0.2, 0.25) is 0 Å². The van der Waals surface area contributed by atoms with Gasteiger partial charge in [0.1, 0.15) is 12.2 Å². The number of rotatable bonds is 1. The van der Waals surface area contributed by atoms with Crippen LogP contribution in [0.1, 0.15) is 26.2 Å². The Kier molecular flexibility index (Phi) is 2.10. The van der Waals surface area contributed by atoms with Gasteiger partial charge in [-0.25, -0.2) is 0 Å². The van der Waals surface area contributed by atoms with Crippen LogP contribution >= 0.6 is 0 Å². The molecule has 94 valence electrons. The van der Waals surface area contributed by atoms with Gasteiger partial charge in [0, 0.05) is 18.8 Å². The summed E-state index contributed by atoms with van der Waals surface area (Å²) in [6.45, 7) is 2.08. The van der Waals surface area contributed by atoms with Gasteiger partial charge < -0.3 is 14.2 Å². The minimum absolute atomic E-state index is 0.0212. The second-order valence-corrected chi connectivity index (χ2v) is 5.94. The molecule has 2 heterocycles. The molecule has 2 saturated carbocycles. The highest BCUT2D eigenvalue weighted by Crippen LogP contribution is 2.59. The Morgan fingerprint density at radius 1 is 1.24 bits per heavy atom. The minimum atomic E-state index is -0.189. The summed E-state index contributed by atoms with van der Waals surface area (Å²) in [5, 5.41) is 0. The summed E-state index contributed by atoms with van der Waals surface area (Å²) >= 11 is 0. The molecule has 2 saturated heterocycles. The molecule has 4 aliphatic rings. The number of hydrogen-bond acceptors (Lipinski definition) is 4. The van der Waals surface area contributed by atoms with Crippen LogP contribution in [0.15, 0.2) is 0 Å². The molecule has 2 aliphatic carbocycles. The van der Waals surface area contributed by atoms with E-state index in [1.165, 1.54) is 26.2 Å². The lowest BCUT2D eigenvalue weighted by atomic mass is 9.73. The summed E-state index contributed by atoms with van der Waals surface area (Å²) in [5.41, 5.74) is 0. The zero-order chi connectivity index (χ0) is 11.6. The fraction of sp³-hybridized carbons (Fsp3) is 0.923. The highest BCUT2D eigenvalue weighted by molar-refractivity contribution is 5.66. The van der Waals surface area contributed by atoms with Crippen molar-refractivity contribution in [2.75, 3.05) is 6.61 Å². The Labute approximate surface area is 101 Å². The van der Waals surface area contributed by atoms with E-state index in [1.54, 1.807) is 0 Å². The third kappa shape index (κ3) is 1.34. The molecule has 0 spiro atoms. The first-order valence-corrected chi connectivity index (χ1v) is 6.68. The monoisotopic (exact) mass is 238 g/mol. The van der Waals surface area contributed by atoms with Gasteiger partial charge in [0.25, 0.3) is 0 Å². The van der Waals surface area contributed by atoms with Crippen molar-refractivity contribution in [1.82, 2.24) is 0 Å². The Bertz CT molecular complexity index is 355. The van der Waals surface area contributed by atoms with Crippen molar-refractivity contribution < 1.29 is 19.0 Å². The van der Waals surface area contributed by atoms with Gasteiger partial charge in [-0.15, -0.1) is 0 Å². The van der Waals surface area contributed by atoms with E-state index in [0.29, 0.717) is 18.4 Å². The van der Waals surface area contributed by atoms with E-state index in [0.717, 1.165) is 11.8 Å². The smallest absolute Gasteiger partial charge is 0.303 e. The summed E-state index contributed by atoms with van der Waals surface area (Å²) in [6.07, 6.45) is 3.77.